The van der Waals surface area contributed by atoms with Gasteiger partial charge in [0.05, 0.1) is 19.3 Å². The number of allylic oxidation sites excluding steroid dienone is 1. The van der Waals surface area contributed by atoms with Crippen LogP contribution in [0.3, 0.4) is 0 Å². The summed E-state index contributed by atoms with van der Waals surface area (Å²) in [6, 6.07) is 12.3. The van der Waals surface area contributed by atoms with E-state index in [-0.39, 0.29) is 35.2 Å². The normalized spacial score (nSPS) is 18.1. The minimum Gasteiger partial charge on any atom is -0.491 e. The van der Waals surface area contributed by atoms with E-state index < -0.39 is 23.3 Å². The number of rotatable bonds is 8. The molecule has 2 unspecified atom stereocenters. The second kappa shape index (κ2) is 11.7. The molecule has 1 fully saturated rings. The van der Waals surface area contributed by atoms with E-state index in [0.29, 0.717) is 11.5 Å². The first-order chi connectivity index (χ1) is 17.4. The van der Waals surface area contributed by atoms with Gasteiger partial charge in [0.2, 0.25) is 5.82 Å². The van der Waals surface area contributed by atoms with Crippen LogP contribution in [0, 0.1) is 29.2 Å². The van der Waals surface area contributed by atoms with Gasteiger partial charge < -0.3 is 9.47 Å². The molecule has 0 radical (unpaired) electrons. The van der Waals surface area contributed by atoms with Crippen LogP contribution in [-0.4, -0.2) is 19.3 Å². The highest BCUT2D eigenvalue weighted by molar-refractivity contribution is 5.72. The standard InChI is InChI=1S/C30H30F4O2/c1-3-5-20-9-13-22(36-18-20)12-8-19-6-10-21(11-7-19)23-14-15-24(28(32)27(23)31)25-16-17-26(35-4-2)30(34)29(25)33/h3,5-7,10-11,14-17,20,22H,4,8-9,12-13,18H2,1-2H3. The average molecular weight is 499 g/mol. The zero-order chi connectivity index (χ0) is 25.7. The van der Waals surface area contributed by atoms with Gasteiger partial charge in [-0.1, -0.05) is 48.6 Å². The molecule has 1 saturated heterocycles. The Morgan fingerprint density at radius 1 is 0.833 bits per heavy atom. The SMILES string of the molecule is CC=CC1CCC(CCc2ccc(-c3ccc(-c4ccc(OCC)c(F)c4F)c(F)c3F)cc2)OC1. The summed E-state index contributed by atoms with van der Waals surface area (Å²) < 4.78 is 69.8. The van der Waals surface area contributed by atoms with E-state index in [2.05, 4.69) is 12.2 Å². The lowest BCUT2D eigenvalue weighted by molar-refractivity contribution is -0.00789. The number of ether oxygens (including phenoxy) is 2. The summed E-state index contributed by atoms with van der Waals surface area (Å²) in [5.41, 5.74) is 0.929. The van der Waals surface area contributed by atoms with E-state index in [1.807, 2.05) is 19.1 Å². The maximum atomic E-state index is 15.0. The first-order valence-electron chi connectivity index (χ1n) is 12.4. The minimum atomic E-state index is -1.28. The van der Waals surface area contributed by atoms with Gasteiger partial charge in [0.1, 0.15) is 0 Å². The Morgan fingerprint density at radius 2 is 1.47 bits per heavy atom. The van der Waals surface area contributed by atoms with Gasteiger partial charge in [-0.15, -0.1) is 0 Å². The third-order valence-electron chi connectivity index (χ3n) is 6.61. The van der Waals surface area contributed by atoms with Gasteiger partial charge in [0, 0.05) is 22.6 Å². The summed E-state index contributed by atoms with van der Waals surface area (Å²) in [7, 11) is 0. The predicted octanol–water partition coefficient (Wildman–Crippen LogP) is 8.28. The van der Waals surface area contributed by atoms with E-state index in [0.717, 1.165) is 37.9 Å². The molecule has 3 aromatic rings. The number of aryl methyl sites for hydroxylation is 1. The van der Waals surface area contributed by atoms with Gasteiger partial charge >= 0.3 is 0 Å². The van der Waals surface area contributed by atoms with Crippen molar-refractivity contribution in [2.45, 2.75) is 45.6 Å². The molecule has 1 aliphatic rings. The van der Waals surface area contributed by atoms with E-state index in [4.69, 9.17) is 9.47 Å². The second-order valence-electron chi connectivity index (χ2n) is 9.02. The van der Waals surface area contributed by atoms with Crippen molar-refractivity contribution in [3.63, 3.8) is 0 Å². The molecule has 0 saturated carbocycles. The summed E-state index contributed by atoms with van der Waals surface area (Å²) in [4.78, 5) is 0. The van der Waals surface area contributed by atoms with Gasteiger partial charge in [0.25, 0.3) is 0 Å². The van der Waals surface area contributed by atoms with Crippen LogP contribution in [-0.2, 0) is 11.2 Å². The molecule has 3 aromatic carbocycles. The Bertz CT molecular complexity index is 1210. The smallest absolute Gasteiger partial charge is 0.201 e. The van der Waals surface area contributed by atoms with E-state index in [1.54, 1.807) is 19.1 Å². The van der Waals surface area contributed by atoms with Crippen LogP contribution < -0.4 is 4.74 Å². The molecule has 0 N–H and O–H groups in total. The molecule has 190 valence electrons. The Kier molecular flexibility index (Phi) is 8.47. The van der Waals surface area contributed by atoms with Gasteiger partial charge in [-0.2, -0.15) is 4.39 Å². The van der Waals surface area contributed by atoms with Gasteiger partial charge in [-0.3, -0.25) is 0 Å². The first kappa shape index (κ1) is 26.0. The maximum absolute atomic E-state index is 15.0. The molecule has 0 spiro atoms. The lowest BCUT2D eigenvalue weighted by Gasteiger charge is -2.27. The summed E-state index contributed by atoms with van der Waals surface area (Å²) >= 11 is 0. The second-order valence-corrected chi connectivity index (χ2v) is 9.02. The Hall–Kier alpha value is -3.12. The monoisotopic (exact) mass is 498 g/mol. The zero-order valence-electron chi connectivity index (χ0n) is 20.5. The van der Waals surface area contributed by atoms with Crippen molar-refractivity contribution in [2.75, 3.05) is 13.2 Å². The molecule has 1 aliphatic heterocycles. The van der Waals surface area contributed by atoms with Crippen LogP contribution in [0.25, 0.3) is 22.3 Å². The molecule has 0 aliphatic carbocycles. The molecular weight excluding hydrogens is 468 g/mol. The van der Waals surface area contributed by atoms with Crippen LogP contribution in [0.5, 0.6) is 5.75 Å². The molecule has 0 bridgehead atoms. The van der Waals surface area contributed by atoms with Crippen LogP contribution in [0.1, 0.15) is 38.7 Å². The van der Waals surface area contributed by atoms with Crippen LogP contribution in [0.15, 0.2) is 60.7 Å². The van der Waals surface area contributed by atoms with Crippen molar-refractivity contribution < 1.29 is 27.0 Å². The van der Waals surface area contributed by atoms with Crippen LogP contribution >= 0.6 is 0 Å². The Balaban J connectivity index is 1.46. The summed E-state index contributed by atoms with van der Waals surface area (Å²) in [5.74, 6) is -4.63. The zero-order valence-corrected chi connectivity index (χ0v) is 20.5. The Morgan fingerprint density at radius 3 is 2.11 bits per heavy atom. The fourth-order valence-electron chi connectivity index (χ4n) is 4.64. The summed E-state index contributed by atoms with van der Waals surface area (Å²) in [6.45, 7) is 4.56. The predicted molar refractivity (Wildman–Crippen MR) is 134 cm³/mol. The molecule has 0 amide bonds. The maximum Gasteiger partial charge on any atom is 0.201 e. The minimum absolute atomic E-state index is 0.0558. The molecule has 1 heterocycles. The molecule has 6 heteroatoms. The van der Waals surface area contributed by atoms with Crippen molar-refractivity contribution in [2.24, 2.45) is 5.92 Å². The van der Waals surface area contributed by atoms with Gasteiger partial charge in [0.15, 0.2) is 23.2 Å². The van der Waals surface area contributed by atoms with Crippen molar-refractivity contribution in [3.8, 4) is 28.0 Å². The molecule has 2 atom stereocenters. The topological polar surface area (TPSA) is 18.5 Å². The quantitative estimate of drug-likeness (QED) is 0.230. The van der Waals surface area contributed by atoms with Crippen molar-refractivity contribution in [1.82, 2.24) is 0 Å². The Labute approximate surface area is 209 Å². The number of halogens is 4. The number of hydrogen-bond donors (Lipinski definition) is 0. The highest BCUT2D eigenvalue weighted by Gasteiger charge is 2.22. The average Bonchev–Trinajstić information content (AvgIpc) is 2.89. The molecule has 2 nitrogen and oxygen atoms in total. The van der Waals surface area contributed by atoms with Crippen molar-refractivity contribution in [3.05, 3.63) is 89.5 Å². The molecular formula is C30H30F4O2. The van der Waals surface area contributed by atoms with Gasteiger partial charge in [-0.05, 0) is 62.8 Å². The van der Waals surface area contributed by atoms with Crippen LogP contribution in [0.4, 0.5) is 17.6 Å². The molecule has 4 rings (SSSR count). The largest absolute Gasteiger partial charge is 0.491 e. The third-order valence-corrected chi connectivity index (χ3v) is 6.61. The summed E-state index contributed by atoms with van der Waals surface area (Å²) in [6.07, 6.45) is 8.39. The number of benzene rings is 3. The van der Waals surface area contributed by atoms with Crippen molar-refractivity contribution in [1.29, 1.82) is 0 Å². The van der Waals surface area contributed by atoms with E-state index in [9.17, 15) is 13.2 Å². The van der Waals surface area contributed by atoms with E-state index in [1.165, 1.54) is 24.3 Å². The highest BCUT2D eigenvalue weighted by atomic mass is 19.2. The van der Waals surface area contributed by atoms with E-state index >= 15 is 4.39 Å². The molecule has 36 heavy (non-hydrogen) atoms. The third kappa shape index (κ3) is 5.65. The number of hydrogen-bond acceptors (Lipinski definition) is 2. The fourth-order valence-corrected chi connectivity index (χ4v) is 4.64. The highest BCUT2D eigenvalue weighted by Crippen LogP contribution is 2.35. The molecule has 0 aromatic heterocycles. The van der Waals surface area contributed by atoms with Crippen LogP contribution in [0.2, 0.25) is 0 Å². The van der Waals surface area contributed by atoms with Gasteiger partial charge in [-0.25, -0.2) is 13.2 Å². The summed E-state index contributed by atoms with van der Waals surface area (Å²) in [5, 5.41) is 0. The lowest BCUT2D eigenvalue weighted by atomic mass is 9.94. The van der Waals surface area contributed by atoms with Crippen molar-refractivity contribution >= 4 is 0 Å². The first-order valence-corrected chi connectivity index (χ1v) is 12.4. The lowest BCUT2D eigenvalue weighted by Crippen LogP contribution is -2.25. The fraction of sp³-hybridized carbons (Fsp3) is 0.333.